The van der Waals surface area contributed by atoms with Gasteiger partial charge in [-0.05, 0) is 12.5 Å². The van der Waals surface area contributed by atoms with Gasteiger partial charge in [-0.1, -0.05) is 11.6 Å². The maximum absolute atomic E-state index is 12.2. The van der Waals surface area contributed by atoms with Gasteiger partial charge in [-0.15, -0.1) is 0 Å². The van der Waals surface area contributed by atoms with Gasteiger partial charge in [0.05, 0.1) is 15.5 Å². The van der Waals surface area contributed by atoms with Crippen LogP contribution in [0.4, 0.5) is 5.69 Å². The van der Waals surface area contributed by atoms with Crippen LogP contribution in [0.15, 0.2) is 18.2 Å². The number of amides is 1. The zero-order valence-corrected chi connectivity index (χ0v) is 10.3. The lowest BCUT2D eigenvalue weighted by atomic mass is 10.1. The highest BCUT2D eigenvalue weighted by Gasteiger charge is 2.26. The van der Waals surface area contributed by atoms with E-state index in [1.807, 2.05) is 0 Å². The third-order valence-electron chi connectivity index (χ3n) is 2.90. The van der Waals surface area contributed by atoms with Crippen LogP contribution < -0.4 is 5.73 Å². The molecule has 1 aromatic rings. The second-order valence-corrected chi connectivity index (χ2v) is 4.63. The minimum Gasteiger partial charge on any atom is -0.337 e. The largest absolute Gasteiger partial charge is 0.337 e. The molecule has 1 aromatic carbocycles. The topological polar surface area (TPSA) is 89.5 Å². The predicted molar refractivity (Wildman–Crippen MR) is 66.6 cm³/mol. The summed E-state index contributed by atoms with van der Waals surface area (Å²) in [4.78, 5) is 23.8. The molecular formula is C11H12ClN3O3. The highest BCUT2D eigenvalue weighted by atomic mass is 35.5. The van der Waals surface area contributed by atoms with Gasteiger partial charge >= 0.3 is 0 Å². The monoisotopic (exact) mass is 269 g/mol. The fourth-order valence-electron chi connectivity index (χ4n) is 1.93. The number of nitro benzene ring substituents is 1. The zero-order chi connectivity index (χ0) is 13.3. The third kappa shape index (κ3) is 2.44. The first-order valence-corrected chi connectivity index (χ1v) is 5.85. The number of nitrogens with two attached hydrogens (primary N) is 1. The highest BCUT2D eigenvalue weighted by Crippen LogP contribution is 2.24. The van der Waals surface area contributed by atoms with Crippen molar-refractivity contribution in [3.63, 3.8) is 0 Å². The molecule has 6 nitrogen and oxygen atoms in total. The molecule has 0 radical (unpaired) electrons. The van der Waals surface area contributed by atoms with Gasteiger partial charge in [0.15, 0.2) is 0 Å². The van der Waals surface area contributed by atoms with Gasteiger partial charge in [-0.25, -0.2) is 0 Å². The van der Waals surface area contributed by atoms with Crippen LogP contribution in [0.5, 0.6) is 0 Å². The van der Waals surface area contributed by atoms with Crippen LogP contribution in [0.3, 0.4) is 0 Å². The van der Waals surface area contributed by atoms with E-state index in [1.54, 1.807) is 4.90 Å². The SMILES string of the molecule is N[C@@H]1CCN(C(=O)c2cc([N+](=O)[O-])ccc2Cl)C1. The van der Waals surface area contributed by atoms with E-state index in [1.165, 1.54) is 18.2 Å². The molecule has 1 aliphatic rings. The standard InChI is InChI=1S/C11H12ClN3O3/c12-10-2-1-8(15(17)18)5-9(10)11(16)14-4-3-7(13)6-14/h1-2,5,7H,3-4,6,13H2/t7-/m1/s1. The fraction of sp³-hybridized carbons (Fsp3) is 0.364. The van der Waals surface area contributed by atoms with Crippen LogP contribution in [-0.2, 0) is 0 Å². The summed E-state index contributed by atoms with van der Waals surface area (Å²) in [5.74, 6) is -0.309. The number of benzene rings is 1. The number of rotatable bonds is 2. The summed E-state index contributed by atoms with van der Waals surface area (Å²) in [5, 5.41) is 10.9. The smallest absolute Gasteiger partial charge is 0.270 e. The number of nitro groups is 1. The van der Waals surface area contributed by atoms with Crippen molar-refractivity contribution >= 4 is 23.2 Å². The third-order valence-corrected chi connectivity index (χ3v) is 3.23. The first kappa shape index (κ1) is 12.8. The molecular weight excluding hydrogens is 258 g/mol. The molecule has 0 unspecified atom stereocenters. The Morgan fingerprint density at radius 1 is 1.56 bits per heavy atom. The molecule has 1 aliphatic heterocycles. The van der Waals surface area contributed by atoms with Gasteiger partial charge in [0.25, 0.3) is 11.6 Å². The predicted octanol–water partition coefficient (Wildman–Crippen LogP) is 1.42. The lowest BCUT2D eigenvalue weighted by Crippen LogP contribution is -2.32. The number of hydrogen-bond donors (Lipinski definition) is 1. The minimum atomic E-state index is -0.553. The molecule has 0 bridgehead atoms. The normalized spacial score (nSPS) is 19.0. The molecule has 2 rings (SSSR count). The van der Waals surface area contributed by atoms with Gasteiger partial charge in [0, 0.05) is 31.3 Å². The Bertz CT molecular complexity index is 506. The highest BCUT2D eigenvalue weighted by molar-refractivity contribution is 6.33. The first-order valence-electron chi connectivity index (χ1n) is 5.48. The Morgan fingerprint density at radius 2 is 2.28 bits per heavy atom. The van der Waals surface area contributed by atoms with Crippen molar-refractivity contribution in [3.8, 4) is 0 Å². The van der Waals surface area contributed by atoms with Crippen molar-refractivity contribution < 1.29 is 9.72 Å². The Morgan fingerprint density at radius 3 is 2.83 bits per heavy atom. The lowest BCUT2D eigenvalue weighted by Gasteiger charge is -2.16. The van der Waals surface area contributed by atoms with Crippen molar-refractivity contribution in [2.45, 2.75) is 12.5 Å². The van der Waals surface area contributed by atoms with Crippen molar-refractivity contribution in [3.05, 3.63) is 38.9 Å². The van der Waals surface area contributed by atoms with Crippen molar-refractivity contribution in [2.24, 2.45) is 5.73 Å². The number of halogens is 1. The molecule has 1 saturated heterocycles. The molecule has 96 valence electrons. The van der Waals surface area contributed by atoms with Crippen LogP contribution in [-0.4, -0.2) is 34.9 Å². The van der Waals surface area contributed by atoms with Crippen LogP contribution in [0.1, 0.15) is 16.8 Å². The molecule has 2 N–H and O–H groups in total. The summed E-state index contributed by atoms with van der Waals surface area (Å²) >= 11 is 5.91. The molecule has 1 amide bonds. The van der Waals surface area contributed by atoms with E-state index >= 15 is 0 Å². The van der Waals surface area contributed by atoms with E-state index < -0.39 is 4.92 Å². The number of nitrogens with zero attached hydrogens (tertiary/aromatic N) is 2. The second kappa shape index (κ2) is 4.91. The summed E-state index contributed by atoms with van der Waals surface area (Å²) in [5.41, 5.74) is 5.73. The van der Waals surface area contributed by atoms with Crippen molar-refractivity contribution in [1.82, 2.24) is 4.90 Å². The zero-order valence-electron chi connectivity index (χ0n) is 9.51. The van der Waals surface area contributed by atoms with Gasteiger partial charge < -0.3 is 10.6 Å². The Labute approximate surface area is 108 Å². The average molecular weight is 270 g/mol. The first-order chi connectivity index (χ1) is 8.49. The van der Waals surface area contributed by atoms with Gasteiger partial charge in [-0.2, -0.15) is 0 Å². The average Bonchev–Trinajstić information content (AvgIpc) is 2.75. The number of carbonyl (C=O) groups is 1. The Balaban J connectivity index is 2.29. The lowest BCUT2D eigenvalue weighted by molar-refractivity contribution is -0.384. The quantitative estimate of drug-likeness (QED) is 0.649. The molecule has 18 heavy (non-hydrogen) atoms. The van der Waals surface area contributed by atoms with Gasteiger partial charge in [-0.3, -0.25) is 14.9 Å². The molecule has 0 aliphatic carbocycles. The van der Waals surface area contributed by atoms with E-state index in [-0.39, 0.29) is 28.2 Å². The van der Waals surface area contributed by atoms with Gasteiger partial charge in [0.1, 0.15) is 0 Å². The van der Waals surface area contributed by atoms with Crippen LogP contribution in [0, 0.1) is 10.1 Å². The summed E-state index contributed by atoms with van der Waals surface area (Å²) in [6.45, 7) is 1.01. The molecule has 1 heterocycles. The van der Waals surface area contributed by atoms with E-state index in [0.29, 0.717) is 13.1 Å². The molecule has 0 spiro atoms. The number of likely N-dealkylation sites (tertiary alicyclic amines) is 1. The molecule has 0 aromatic heterocycles. The van der Waals surface area contributed by atoms with E-state index in [2.05, 4.69) is 0 Å². The maximum Gasteiger partial charge on any atom is 0.270 e. The Kier molecular flexibility index (Phi) is 3.49. The fourth-order valence-corrected chi connectivity index (χ4v) is 2.13. The molecule has 1 fully saturated rings. The van der Waals surface area contributed by atoms with Crippen LogP contribution in [0.25, 0.3) is 0 Å². The van der Waals surface area contributed by atoms with E-state index in [4.69, 9.17) is 17.3 Å². The summed E-state index contributed by atoms with van der Waals surface area (Å²) in [6, 6.07) is 3.80. The Hall–Kier alpha value is -1.66. The van der Waals surface area contributed by atoms with Crippen molar-refractivity contribution in [1.29, 1.82) is 0 Å². The summed E-state index contributed by atoms with van der Waals surface area (Å²) < 4.78 is 0. The second-order valence-electron chi connectivity index (χ2n) is 4.22. The number of non-ortho nitro benzene ring substituents is 1. The van der Waals surface area contributed by atoms with Crippen molar-refractivity contribution in [2.75, 3.05) is 13.1 Å². The maximum atomic E-state index is 12.2. The number of carbonyl (C=O) groups excluding carboxylic acids is 1. The van der Waals surface area contributed by atoms with Gasteiger partial charge in [0.2, 0.25) is 0 Å². The van der Waals surface area contributed by atoms with Crippen LogP contribution >= 0.6 is 11.6 Å². The minimum absolute atomic E-state index is 0.0357. The molecule has 7 heteroatoms. The van der Waals surface area contributed by atoms with Crippen LogP contribution in [0.2, 0.25) is 5.02 Å². The summed E-state index contributed by atoms with van der Waals surface area (Å²) in [7, 11) is 0. The number of hydrogen-bond acceptors (Lipinski definition) is 4. The van der Waals surface area contributed by atoms with E-state index in [0.717, 1.165) is 6.42 Å². The molecule has 0 saturated carbocycles. The van der Waals surface area contributed by atoms with E-state index in [9.17, 15) is 14.9 Å². The summed E-state index contributed by atoms with van der Waals surface area (Å²) in [6.07, 6.45) is 0.734. The molecule has 1 atom stereocenters.